The van der Waals surface area contributed by atoms with Crippen molar-refractivity contribution in [3.05, 3.63) is 46.1 Å². The van der Waals surface area contributed by atoms with Crippen LogP contribution in [0.1, 0.15) is 29.3 Å². The minimum atomic E-state index is 0.0601. The maximum atomic E-state index is 6.22. The average molecular weight is 333 g/mol. The third-order valence-electron chi connectivity index (χ3n) is 4.09. The molecule has 0 spiro atoms. The fraction of sp³-hybridized carbons (Fsp3) is 0.412. The van der Waals surface area contributed by atoms with Gasteiger partial charge in [0.1, 0.15) is 5.82 Å². The van der Waals surface area contributed by atoms with Gasteiger partial charge in [0.2, 0.25) is 5.95 Å². The Morgan fingerprint density at radius 1 is 1.26 bits per heavy atom. The van der Waals surface area contributed by atoms with Crippen molar-refractivity contribution in [2.45, 2.75) is 26.3 Å². The number of hydrogen-bond acceptors (Lipinski definition) is 5. The van der Waals surface area contributed by atoms with Crippen LogP contribution < -0.4 is 10.6 Å². The third-order valence-corrected chi connectivity index (χ3v) is 4.33. The number of hydrogen-bond donors (Lipinski definition) is 1. The molecule has 1 aliphatic rings. The SMILES string of the molecule is Cc1cc(N2CCCOC[C@@H]2c2cc(Cl)ccc2C)nc(N)n1. The van der Waals surface area contributed by atoms with Gasteiger partial charge in [0.15, 0.2) is 0 Å². The molecule has 2 N–H and O–H groups in total. The predicted octanol–water partition coefficient (Wildman–Crippen LogP) is 3.30. The van der Waals surface area contributed by atoms with E-state index in [9.17, 15) is 0 Å². The topological polar surface area (TPSA) is 64.3 Å². The van der Waals surface area contributed by atoms with Gasteiger partial charge in [-0.05, 0) is 43.5 Å². The van der Waals surface area contributed by atoms with Crippen LogP contribution in [0.25, 0.3) is 0 Å². The van der Waals surface area contributed by atoms with Crippen LogP contribution in [0.2, 0.25) is 5.02 Å². The fourth-order valence-electron chi connectivity index (χ4n) is 3.00. The molecule has 1 aromatic carbocycles. The lowest BCUT2D eigenvalue weighted by atomic mass is 10.0. The van der Waals surface area contributed by atoms with Gasteiger partial charge in [-0.3, -0.25) is 0 Å². The number of aryl methyl sites for hydroxylation is 2. The normalized spacial score (nSPS) is 18.7. The first-order chi connectivity index (χ1) is 11.0. The zero-order chi connectivity index (χ0) is 16.4. The van der Waals surface area contributed by atoms with Crippen molar-refractivity contribution in [2.75, 3.05) is 30.4 Å². The highest BCUT2D eigenvalue weighted by molar-refractivity contribution is 6.30. The minimum Gasteiger partial charge on any atom is -0.379 e. The largest absolute Gasteiger partial charge is 0.379 e. The Morgan fingerprint density at radius 2 is 2.09 bits per heavy atom. The zero-order valence-electron chi connectivity index (χ0n) is 13.4. The van der Waals surface area contributed by atoms with E-state index in [0.29, 0.717) is 12.6 Å². The Labute approximate surface area is 141 Å². The van der Waals surface area contributed by atoms with E-state index in [-0.39, 0.29) is 6.04 Å². The van der Waals surface area contributed by atoms with E-state index in [4.69, 9.17) is 22.1 Å². The highest BCUT2D eigenvalue weighted by Crippen LogP contribution is 2.32. The van der Waals surface area contributed by atoms with E-state index >= 15 is 0 Å². The van der Waals surface area contributed by atoms with E-state index in [1.54, 1.807) is 0 Å². The second-order valence-corrected chi connectivity index (χ2v) is 6.30. The zero-order valence-corrected chi connectivity index (χ0v) is 14.2. The van der Waals surface area contributed by atoms with E-state index in [2.05, 4.69) is 21.8 Å². The van der Waals surface area contributed by atoms with Gasteiger partial charge >= 0.3 is 0 Å². The smallest absolute Gasteiger partial charge is 0.222 e. The molecule has 1 fully saturated rings. The lowest BCUT2D eigenvalue weighted by Gasteiger charge is -2.32. The molecule has 1 atom stereocenters. The van der Waals surface area contributed by atoms with Crippen LogP contribution in [-0.4, -0.2) is 29.7 Å². The van der Waals surface area contributed by atoms with Gasteiger partial charge in [-0.2, -0.15) is 4.98 Å². The summed E-state index contributed by atoms with van der Waals surface area (Å²) in [6.07, 6.45) is 0.944. The van der Waals surface area contributed by atoms with Gasteiger partial charge in [0.05, 0.1) is 12.6 Å². The number of nitrogen functional groups attached to an aromatic ring is 1. The first-order valence-electron chi connectivity index (χ1n) is 7.76. The summed E-state index contributed by atoms with van der Waals surface area (Å²) in [5, 5.41) is 0.730. The second kappa shape index (κ2) is 6.72. The molecular formula is C17H21ClN4O. The third kappa shape index (κ3) is 3.57. The Kier molecular flexibility index (Phi) is 4.68. The van der Waals surface area contributed by atoms with Crippen molar-refractivity contribution >= 4 is 23.4 Å². The van der Waals surface area contributed by atoms with E-state index in [0.717, 1.165) is 41.7 Å². The molecule has 2 aromatic rings. The van der Waals surface area contributed by atoms with Crippen molar-refractivity contribution < 1.29 is 4.74 Å². The summed E-state index contributed by atoms with van der Waals surface area (Å²) in [5.74, 6) is 1.14. The Balaban J connectivity index is 2.05. The van der Waals surface area contributed by atoms with Gasteiger partial charge in [0.25, 0.3) is 0 Å². The molecule has 0 amide bonds. The maximum absolute atomic E-state index is 6.22. The van der Waals surface area contributed by atoms with Gasteiger partial charge < -0.3 is 15.4 Å². The van der Waals surface area contributed by atoms with Crippen molar-refractivity contribution in [1.29, 1.82) is 0 Å². The molecule has 2 heterocycles. The Hall–Kier alpha value is -1.85. The fourth-order valence-corrected chi connectivity index (χ4v) is 3.18. The minimum absolute atomic E-state index is 0.0601. The van der Waals surface area contributed by atoms with E-state index in [1.807, 2.05) is 31.2 Å². The number of ether oxygens (including phenoxy) is 1. The summed E-state index contributed by atoms with van der Waals surface area (Å²) >= 11 is 6.22. The molecule has 1 aromatic heterocycles. The summed E-state index contributed by atoms with van der Waals surface area (Å²) in [4.78, 5) is 10.8. The van der Waals surface area contributed by atoms with Crippen LogP contribution in [0, 0.1) is 13.8 Å². The molecule has 5 nitrogen and oxygen atoms in total. The number of benzene rings is 1. The van der Waals surface area contributed by atoms with Crippen LogP contribution in [0.15, 0.2) is 24.3 Å². The lowest BCUT2D eigenvalue weighted by Crippen LogP contribution is -2.32. The number of nitrogens with two attached hydrogens (primary N) is 1. The molecule has 1 aliphatic heterocycles. The van der Waals surface area contributed by atoms with Crippen molar-refractivity contribution in [3.63, 3.8) is 0 Å². The Bertz CT molecular complexity index is 687. The van der Waals surface area contributed by atoms with E-state index in [1.165, 1.54) is 5.56 Å². The Morgan fingerprint density at radius 3 is 2.87 bits per heavy atom. The summed E-state index contributed by atoms with van der Waals surface area (Å²) in [6, 6.07) is 8.00. The average Bonchev–Trinajstić information content (AvgIpc) is 2.74. The van der Waals surface area contributed by atoms with Crippen molar-refractivity contribution in [1.82, 2.24) is 9.97 Å². The van der Waals surface area contributed by atoms with Gasteiger partial charge in [-0.15, -0.1) is 0 Å². The van der Waals surface area contributed by atoms with Crippen LogP contribution in [0.3, 0.4) is 0 Å². The lowest BCUT2D eigenvalue weighted by molar-refractivity contribution is 0.134. The first-order valence-corrected chi connectivity index (χ1v) is 8.14. The highest BCUT2D eigenvalue weighted by Gasteiger charge is 2.26. The summed E-state index contributed by atoms with van der Waals surface area (Å²) < 4.78 is 5.81. The number of nitrogens with zero attached hydrogens (tertiary/aromatic N) is 3. The molecule has 0 saturated carbocycles. The molecule has 0 bridgehead atoms. The molecule has 0 radical (unpaired) electrons. The van der Waals surface area contributed by atoms with E-state index < -0.39 is 0 Å². The number of anilines is 2. The molecule has 0 unspecified atom stereocenters. The van der Waals surface area contributed by atoms with Gasteiger partial charge in [-0.1, -0.05) is 17.7 Å². The quantitative estimate of drug-likeness (QED) is 0.914. The number of aromatic nitrogens is 2. The van der Waals surface area contributed by atoms with Crippen LogP contribution in [0.4, 0.5) is 11.8 Å². The summed E-state index contributed by atoms with van der Waals surface area (Å²) in [6.45, 7) is 6.21. The summed E-state index contributed by atoms with van der Waals surface area (Å²) in [7, 11) is 0. The van der Waals surface area contributed by atoms with Crippen molar-refractivity contribution in [3.8, 4) is 0 Å². The molecular weight excluding hydrogens is 312 g/mol. The van der Waals surface area contributed by atoms with Crippen molar-refractivity contribution in [2.24, 2.45) is 0 Å². The molecule has 3 rings (SSSR count). The predicted molar refractivity (Wildman–Crippen MR) is 92.9 cm³/mol. The number of rotatable bonds is 2. The molecule has 0 aliphatic carbocycles. The highest BCUT2D eigenvalue weighted by atomic mass is 35.5. The standard InChI is InChI=1S/C17H21ClN4O/c1-11-4-5-13(18)9-14(11)15-10-23-7-3-6-22(15)16-8-12(2)20-17(19)21-16/h4-5,8-9,15H,3,6-7,10H2,1-2H3,(H2,19,20,21)/t15-/m1/s1. The van der Waals surface area contributed by atoms with Gasteiger partial charge in [0, 0.05) is 29.9 Å². The first kappa shape index (κ1) is 16.0. The monoisotopic (exact) mass is 332 g/mol. The second-order valence-electron chi connectivity index (χ2n) is 5.86. The van der Waals surface area contributed by atoms with Crippen LogP contribution >= 0.6 is 11.6 Å². The summed E-state index contributed by atoms with van der Waals surface area (Å²) in [5.41, 5.74) is 9.05. The number of halogens is 1. The van der Waals surface area contributed by atoms with Crippen LogP contribution in [0.5, 0.6) is 0 Å². The van der Waals surface area contributed by atoms with Gasteiger partial charge in [-0.25, -0.2) is 4.98 Å². The molecule has 122 valence electrons. The molecule has 1 saturated heterocycles. The molecule has 23 heavy (non-hydrogen) atoms. The molecule has 6 heteroatoms. The maximum Gasteiger partial charge on any atom is 0.222 e. The van der Waals surface area contributed by atoms with Crippen LogP contribution in [-0.2, 0) is 4.74 Å².